The van der Waals surface area contributed by atoms with E-state index in [4.69, 9.17) is 9.84 Å². The molecule has 2 unspecified atom stereocenters. The second kappa shape index (κ2) is 6.75. The lowest BCUT2D eigenvalue weighted by molar-refractivity contribution is -0.131. The van der Waals surface area contributed by atoms with Crippen molar-refractivity contribution in [2.45, 2.75) is 31.9 Å². The van der Waals surface area contributed by atoms with E-state index in [1.807, 2.05) is 12.2 Å². The third-order valence-electron chi connectivity index (χ3n) is 2.43. The molecular formula is C11H16N2O5. The van der Waals surface area contributed by atoms with Crippen LogP contribution in [0, 0.1) is 0 Å². The summed E-state index contributed by atoms with van der Waals surface area (Å²) >= 11 is 0. The zero-order valence-corrected chi connectivity index (χ0v) is 10.0. The molecule has 0 aromatic carbocycles. The molecule has 1 fully saturated rings. The SMILES string of the molecule is CC1CC(NC(=O)NC(=O)/C=C/C(=O)O)CCO1. The van der Waals surface area contributed by atoms with Crippen LogP contribution in [0.1, 0.15) is 19.8 Å². The van der Waals surface area contributed by atoms with Gasteiger partial charge < -0.3 is 15.2 Å². The number of aliphatic carboxylic acids is 1. The second-order valence-electron chi connectivity index (χ2n) is 4.04. The predicted octanol–water partition coefficient (Wildman–Crippen LogP) is 0.0205. The molecule has 3 N–H and O–H groups in total. The van der Waals surface area contributed by atoms with E-state index in [0.29, 0.717) is 25.5 Å². The average molecular weight is 256 g/mol. The highest BCUT2D eigenvalue weighted by Gasteiger charge is 2.21. The minimum absolute atomic E-state index is 0.0370. The van der Waals surface area contributed by atoms with Gasteiger partial charge in [-0.1, -0.05) is 0 Å². The van der Waals surface area contributed by atoms with E-state index in [1.165, 1.54) is 0 Å². The van der Waals surface area contributed by atoms with E-state index in [1.54, 1.807) is 0 Å². The van der Waals surface area contributed by atoms with Crippen LogP contribution in [-0.4, -0.2) is 41.8 Å². The van der Waals surface area contributed by atoms with Crippen LogP contribution < -0.4 is 10.6 Å². The van der Waals surface area contributed by atoms with Crippen molar-refractivity contribution < 1.29 is 24.2 Å². The minimum atomic E-state index is -1.25. The van der Waals surface area contributed by atoms with Crippen molar-refractivity contribution in [2.24, 2.45) is 0 Å². The number of imide groups is 1. The van der Waals surface area contributed by atoms with Gasteiger partial charge in [0.05, 0.1) is 6.10 Å². The van der Waals surface area contributed by atoms with Gasteiger partial charge in [-0.2, -0.15) is 0 Å². The van der Waals surface area contributed by atoms with Crippen LogP contribution >= 0.6 is 0 Å². The van der Waals surface area contributed by atoms with Gasteiger partial charge in [0.25, 0.3) is 5.91 Å². The lowest BCUT2D eigenvalue weighted by Gasteiger charge is -2.27. The van der Waals surface area contributed by atoms with Crippen molar-refractivity contribution >= 4 is 17.9 Å². The fraction of sp³-hybridized carbons (Fsp3) is 0.545. The van der Waals surface area contributed by atoms with Crippen molar-refractivity contribution in [3.8, 4) is 0 Å². The van der Waals surface area contributed by atoms with Gasteiger partial charge in [0, 0.05) is 24.8 Å². The monoisotopic (exact) mass is 256 g/mol. The maximum absolute atomic E-state index is 11.4. The number of rotatable bonds is 3. The Morgan fingerprint density at radius 2 is 2.06 bits per heavy atom. The number of carbonyl (C=O) groups is 3. The summed E-state index contributed by atoms with van der Waals surface area (Å²) in [6.45, 7) is 2.48. The van der Waals surface area contributed by atoms with Gasteiger partial charge in [-0.05, 0) is 19.8 Å². The van der Waals surface area contributed by atoms with Gasteiger partial charge in [-0.3, -0.25) is 10.1 Å². The molecule has 18 heavy (non-hydrogen) atoms. The summed E-state index contributed by atoms with van der Waals surface area (Å²) in [6.07, 6.45) is 2.91. The van der Waals surface area contributed by atoms with Crippen molar-refractivity contribution in [3.63, 3.8) is 0 Å². The lowest BCUT2D eigenvalue weighted by Crippen LogP contribution is -2.47. The number of hydrogen-bond acceptors (Lipinski definition) is 4. The molecule has 1 saturated heterocycles. The summed E-state index contributed by atoms with van der Waals surface area (Å²) in [4.78, 5) is 32.7. The molecule has 1 heterocycles. The maximum atomic E-state index is 11.4. The van der Waals surface area contributed by atoms with Crippen LogP contribution in [0.3, 0.4) is 0 Å². The molecule has 0 radical (unpaired) electrons. The van der Waals surface area contributed by atoms with E-state index < -0.39 is 17.9 Å². The maximum Gasteiger partial charge on any atom is 0.328 e. The third kappa shape index (κ3) is 5.44. The Bertz CT molecular complexity index is 366. The molecule has 0 saturated carbocycles. The number of carbonyl (C=O) groups excluding carboxylic acids is 2. The van der Waals surface area contributed by atoms with Crippen LogP contribution in [-0.2, 0) is 14.3 Å². The van der Waals surface area contributed by atoms with Crippen LogP contribution in [0.15, 0.2) is 12.2 Å². The molecule has 0 aromatic heterocycles. The number of carboxylic acids is 1. The molecule has 1 aliphatic heterocycles. The Morgan fingerprint density at radius 1 is 1.33 bits per heavy atom. The number of urea groups is 1. The first-order valence-corrected chi connectivity index (χ1v) is 5.61. The van der Waals surface area contributed by atoms with Gasteiger partial charge in [0.15, 0.2) is 0 Å². The van der Waals surface area contributed by atoms with Crippen molar-refractivity contribution in [2.75, 3.05) is 6.61 Å². The smallest absolute Gasteiger partial charge is 0.328 e. The Hall–Kier alpha value is -1.89. The van der Waals surface area contributed by atoms with Gasteiger partial charge >= 0.3 is 12.0 Å². The van der Waals surface area contributed by atoms with Gasteiger partial charge in [-0.25, -0.2) is 9.59 Å². The normalized spacial score (nSPS) is 23.6. The highest BCUT2D eigenvalue weighted by Crippen LogP contribution is 2.12. The summed E-state index contributed by atoms with van der Waals surface area (Å²) in [6, 6.07) is -0.667. The molecule has 0 aromatic rings. The molecule has 0 aliphatic carbocycles. The number of amides is 3. The first-order chi connectivity index (χ1) is 8.47. The van der Waals surface area contributed by atoms with E-state index in [2.05, 4.69) is 5.32 Å². The first kappa shape index (κ1) is 14.2. The summed E-state index contributed by atoms with van der Waals surface area (Å²) in [5, 5.41) is 13.0. The quantitative estimate of drug-likeness (QED) is 0.617. The number of carboxylic acid groups (broad SMARTS) is 1. The molecule has 2 atom stereocenters. The number of hydrogen-bond donors (Lipinski definition) is 3. The zero-order chi connectivity index (χ0) is 13.5. The second-order valence-corrected chi connectivity index (χ2v) is 4.04. The average Bonchev–Trinajstić information content (AvgIpc) is 2.26. The van der Waals surface area contributed by atoms with E-state index in [0.717, 1.165) is 6.08 Å². The molecular weight excluding hydrogens is 240 g/mol. The van der Waals surface area contributed by atoms with Gasteiger partial charge in [0.1, 0.15) is 0 Å². The molecule has 3 amide bonds. The molecule has 1 rings (SSSR count). The van der Waals surface area contributed by atoms with Crippen molar-refractivity contribution in [1.29, 1.82) is 0 Å². The zero-order valence-electron chi connectivity index (χ0n) is 10.0. The topological polar surface area (TPSA) is 105 Å². The highest BCUT2D eigenvalue weighted by molar-refractivity contribution is 6.02. The molecule has 0 spiro atoms. The summed E-state index contributed by atoms with van der Waals surface area (Å²) < 4.78 is 5.32. The van der Waals surface area contributed by atoms with E-state index in [9.17, 15) is 14.4 Å². The molecule has 100 valence electrons. The van der Waals surface area contributed by atoms with Gasteiger partial charge in [-0.15, -0.1) is 0 Å². The molecule has 1 aliphatic rings. The summed E-state index contributed by atoms with van der Waals surface area (Å²) in [5.41, 5.74) is 0. The Labute approximate surface area is 104 Å². The number of nitrogens with one attached hydrogen (secondary N) is 2. The van der Waals surface area contributed by atoms with Crippen LogP contribution in [0.2, 0.25) is 0 Å². The van der Waals surface area contributed by atoms with Crippen LogP contribution in [0.5, 0.6) is 0 Å². The third-order valence-corrected chi connectivity index (χ3v) is 2.43. The summed E-state index contributed by atoms with van der Waals surface area (Å²) in [5.74, 6) is -2.01. The van der Waals surface area contributed by atoms with Crippen LogP contribution in [0.4, 0.5) is 4.79 Å². The first-order valence-electron chi connectivity index (χ1n) is 5.61. The highest BCUT2D eigenvalue weighted by atomic mass is 16.5. The fourth-order valence-corrected chi connectivity index (χ4v) is 1.65. The Balaban J connectivity index is 2.32. The Morgan fingerprint density at radius 3 is 2.67 bits per heavy atom. The molecule has 7 heteroatoms. The fourth-order valence-electron chi connectivity index (χ4n) is 1.65. The van der Waals surface area contributed by atoms with Gasteiger partial charge in [0.2, 0.25) is 0 Å². The van der Waals surface area contributed by atoms with E-state index >= 15 is 0 Å². The van der Waals surface area contributed by atoms with Crippen molar-refractivity contribution in [3.05, 3.63) is 12.2 Å². The standard InChI is InChI=1S/C11H16N2O5/c1-7-6-8(4-5-18-7)12-11(17)13-9(14)2-3-10(15)16/h2-3,7-8H,4-6H2,1H3,(H,15,16)(H2,12,13,14,17)/b3-2+. The minimum Gasteiger partial charge on any atom is -0.478 e. The summed E-state index contributed by atoms with van der Waals surface area (Å²) in [7, 11) is 0. The van der Waals surface area contributed by atoms with Crippen LogP contribution in [0.25, 0.3) is 0 Å². The Kier molecular flexibility index (Phi) is 5.31. The molecule has 7 nitrogen and oxygen atoms in total. The lowest BCUT2D eigenvalue weighted by atomic mass is 10.0. The largest absolute Gasteiger partial charge is 0.478 e. The predicted molar refractivity (Wildman–Crippen MR) is 61.9 cm³/mol. The van der Waals surface area contributed by atoms with Crippen molar-refractivity contribution in [1.82, 2.24) is 10.6 Å². The van der Waals surface area contributed by atoms with E-state index in [-0.39, 0.29) is 12.1 Å². The number of ether oxygens (including phenoxy) is 1. The molecule has 0 bridgehead atoms.